The van der Waals surface area contributed by atoms with Gasteiger partial charge in [-0.25, -0.2) is 0 Å². The summed E-state index contributed by atoms with van der Waals surface area (Å²) in [6.45, 7) is 5.78. The summed E-state index contributed by atoms with van der Waals surface area (Å²) in [5.74, 6) is -0.215. The largest absolute Gasteiger partial charge is 0.351 e. The van der Waals surface area contributed by atoms with Crippen molar-refractivity contribution in [2.75, 3.05) is 26.2 Å². The molecule has 1 aliphatic carbocycles. The lowest BCUT2D eigenvalue weighted by atomic mass is 9.71. The maximum Gasteiger partial charge on any atom is 0.251 e. The van der Waals surface area contributed by atoms with Gasteiger partial charge < -0.3 is 10.2 Å². The van der Waals surface area contributed by atoms with Crippen LogP contribution in [0, 0.1) is 0 Å². The molecule has 2 heterocycles. The van der Waals surface area contributed by atoms with E-state index in [0.717, 1.165) is 48.4 Å². The number of amides is 1. The molecular formula is C33H37N3O2. The van der Waals surface area contributed by atoms with Gasteiger partial charge >= 0.3 is 0 Å². The molecule has 2 unspecified atom stereocenters. The number of benzene rings is 2. The van der Waals surface area contributed by atoms with Crippen molar-refractivity contribution < 1.29 is 9.59 Å². The number of pyridine rings is 1. The molecule has 1 saturated heterocycles. The Morgan fingerprint density at radius 2 is 1.63 bits per heavy atom. The van der Waals surface area contributed by atoms with Gasteiger partial charge in [-0.15, -0.1) is 0 Å². The minimum Gasteiger partial charge on any atom is -0.351 e. The Morgan fingerprint density at radius 1 is 0.921 bits per heavy atom. The number of fused-ring (bicyclic) bond motifs is 1. The van der Waals surface area contributed by atoms with Crippen molar-refractivity contribution in [3.8, 4) is 0 Å². The Balaban J connectivity index is 1.28. The van der Waals surface area contributed by atoms with E-state index in [4.69, 9.17) is 4.98 Å². The van der Waals surface area contributed by atoms with Crippen LogP contribution in [0.15, 0.2) is 84.6 Å². The van der Waals surface area contributed by atoms with Crippen molar-refractivity contribution in [2.45, 2.75) is 50.9 Å². The van der Waals surface area contributed by atoms with Crippen molar-refractivity contribution in [1.29, 1.82) is 0 Å². The van der Waals surface area contributed by atoms with E-state index in [0.29, 0.717) is 18.5 Å². The summed E-state index contributed by atoms with van der Waals surface area (Å²) < 4.78 is 0. The lowest BCUT2D eigenvalue weighted by Crippen LogP contribution is -2.37. The third-order valence-electron chi connectivity index (χ3n) is 7.97. The highest BCUT2D eigenvalue weighted by Gasteiger charge is 2.38. The third-order valence-corrected chi connectivity index (χ3v) is 7.97. The second-order valence-electron chi connectivity index (χ2n) is 10.4. The zero-order valence-corrected chi connectivity index (χ0v) is 22.2. The van der Waals surface area contributed by atoms with Gasteiger partial charge in [0.1, 0.15) is 0 Å². The van der Waals surface area contributed by atoms with E-state index in [-0.39, 0.29) is 23.5 Å². The standard InChI is InChI=1S/C33H37N3O2/c1-2-27-29(22-24-10-5-3-6-11-24)28-12-9-17-34-31(28)30(32(27)37)23-25-13-15-26(16-14-25)33(38)35-18-21-36-19-7-4-8-20-36/h2-3,5-6,9-17,29-30H,4,7-8,18-23H2,1H3,(H,35,38). The number of Topliss-reactive ketones (excluding diaryl/α,β-unsaturated/α-hetero) is 1. The highest BCUT2D eigenvalue weighted by atomic mass is 16.1. The van der Waals surface area contributed by atoms with E-state index in [9.17, 15) is 9.59 Å². The molecule has 3 aromatic rings. The number of allylic oxidation sites excluding steroid dienone is 2. The van der Waals surface area contributed by atoms with Crippen LogP contribution in [0.1, 0.15) is 70.8 Å². The first-order valence-corrected chi connectivity index (χ1v) is 13.9. The number of nitrogens with one attached hydrogen (secondary N) is 1. The van der Waals surface area contributed by atoms with Gasteiger partial charge in [-0.1, -0.05) is 61.0 Å². The molecule has 2 aliphatic rings. The van der Waals surface area contributed by atoms with Crippen molar-refractivity contribution in [2.24, 2.45) is 0 Å². The van der Waals surface area contributed by atoms with Gasteiger partial charge in [0, 0.05) is 30.8 Å². The van der Waals surface area contributed by atoms with Crippen LogP contribution >= 0.6 is 0 Å². The van der Waals surface area contributed by atoms with Crippen molar-refractivity contribution >= 4 is 11.7 Å². The van der Waals surface area contributed by atoms with Crippen LogP contribution < -0.4 is 5.32 Å². The van der Waals surface area contributed by atoms with Gasteiger partial charge in [-0.2, -0.15) is 0 Å². The number of nitrogens with zero attached hydrogens (tertiary/aromatic N) is 2. The number of hydrogen-bond acceptors (Lipinski definition) is 4. The molecule has 5 nitrogen and oxygen atoms in total. The number of hydrogen-bond donors (Lipinski definition) is 1. The number of rotatable bonds is 8. The topological polar surface area (TPSA) is 62.3 Å². The smallest absolute Gasteiger partial charge is 0.251 e. The number of piperidine rings is 1. The van der Waals surface area contributed by atoms with Crippen LogP contribution in [0.3, 0.4) is 0 Å². The van der Waals surface area contributed by atoms with Crippen LogP contribution in [0.2, 0.25) is 0 Å². The Labute approximate surface area is 226 Å². The van der Waals surface area contributed by atoms with Gasteiger partial charge in [0.2, 0.25) is 0 Å². The summed E-state index contributed by atoms with van der Waals surface area (Å²) in [7, 11) is 0. The van der Waals surface area contributed by atoms with E-state index in [1.165, 1.54) is 24.8 Å². The SMILES string of the molecule is CC=C1C(=O)C(Cc2ccc(C(=O)NCCN3CCCCC3)cc2)c2ncccc2C1Cc1ccccc1. The van der Waals surface area contributed by atoms with Crippen molar-refractivity contribution in [3.63, 3.8) is 0 Å². The molecule has 196 valence electrons. The summed E-state index contributed by atoms with van der Waals surface area (Å²) in [5.41, 5.74) is 5.77. The van der Waals surface area contributed by atoms with Crippen LogP contribution in [-0.4, -0.2) is 47.8 Å². The zero-order chi connectivity index (χ0) is 26.3. The Hall–Kier alpha value is -3.57. The molecule has 38 heavy (non-hydrogen) atoms. The second kappa shape index (κ2) is 12.3. The van der Waals surface area contributed by atoms with Crippen LogP contribution in [0.5, 0.6) is 0 Å². The summed E-state index contributed by atoms with van der Waals surface area (Å²) in [4.78, 5) is 33.6. The number of carbonyl (C=O) groups is 2. The lowest BCUT2D eigenvalue weighted by molar-refractivity contribution is -0.117. The first-order chi connectivity index (χ1) is 18.6. The molecule has 5 rings (SSSR count). The molecule has 0 bridgehead atoms. The van der Waals surface area contributed by atoms with Gasteiger partial charge in [0.15, 0.2) is 5.78 Å². The molecule has 1 N–H and O–H groups in total. The van der Waals surface area contributed by atoms with E-state index in [2.05, 4.69) is 28.4 Å². The van der Waals surface area contributed by atoms with E-state index in [1.807, 2.05) is 61.5 Å². The fraction of sp³-hybridized carbons (Fsp3) is 0.364. The van der Waals surface area contributed by atoms with E-state index < -0.39 is 0 Å². The molecule has 1 aliphatic heterocycles. The van der Waals surface area contributed by atoms with Gasteiger partial charge in [0.05, 0.1) is 11.6 Å². The summed E-state index contributed by atoms with van der Waals surface area (Å²) in [6, 6.07) is 22.1. The molecule has 1 fully saturated rings. The highest BCUT2D eigenvalue weighted by molar-refractivity contribution is 6.03. The monoisotopic (exact) mass is 507 g/mol. The third kappa shape index (κ3) is 5.94. The van der Waals surface area contributed by atoms with Crippen molar-refractivity contribution in [1.82, 2.24) is 15.2 Å². The molecule has 2 atom stereocenters. The number of aromatic nitrogens is 1. The van der Waals surface area contributed by atoms with Crippen LogP contribution in [-0.2, 0) is 17.6 Å². The second-order valence-corrected chi connectivity index (χ2v) is 10.4. The first kappa shape index (κ1) is 26.1. The zero-order valence-electron chi connectivity index (χ0n) is 22.2. The predicted octanol–water partition coefficient (Wildman–Crippen LogP) is 5.48. The van der Waals surface area contributed by atoms with E-state index in [1.54, 1.807) is 6.20 Å². The summed E-state index contributed by atoms with van der Waals surface area (Å²) >= 11 is 0. The maximum absolute atomic E-state index is 13.8. The molecule has 1 aromatic heterocycles. The highest BCUT2D eigenvalue weighted by Crippen LogP contribution is 2.42. The Morgan fingerprint density at radius 3 is 2.37 bits per heavy atom. The molecule has 2 aromatic carbocycles. The average Bonchev–Trinajstić information content (AvgIpc) is 2.96. The Kier molecular flexibility index (Phi) is 8.44. The van der Waals surface area contributed by atoms with Gasteiger partial charge in [-0.3, -0.25) is 14.6 Å². The maximum atomic E-state index is 13.8. The average molecular weight is 508 g/mol. The number of ketones is 1. The molecule has 0 spiro atoms. The molecular weight excluding hydrogens is 470 g/mol. The van der Waals surface area contributed by atoms with E-state index >= 15 is 0 Å². The normalized spacial score (nSPS) is 20.8. The Bertz CT molecular complexity index is 1280. The van der Waals surface area contributed by atoms with Crippen molar-refractivity contribution in [3.05, 3.63) is 113 Å². The number of likely N-dealkylation sites (tertiary alicyclic amines) is 1. The fourth-order valence-corrected chi connectivity index (χ4v) is 5.92. The quantitative estimate of drug-likeness (QED) is 0.410. The molecule has 5 heteroatoms. The minimum atomic E-state index is -0.325. The summed E-state index contributed by atoms with van der Waals surface area (Å²) in [5, 5.41) is 3.05. The fourth-order valence-electron chi connectivity index (χ4n) is 5.92. The molecule has 0 radical (unpaired) electrons. The number of carbonyl (C=O) groups excluding carboxylic acids is 2. The molecule has 1 amide bonds. The van der Waals surface area contributed by atoms with Gasteiger partial charge in [0.25, 0.3) is 5.91 Å². The van der Waals surface area contributed by atoms with Crippen LogP contribution in [0.25, 0.3) is 0 Å². The molecule has 0 saturated carbocycles. The first-order valence-electron chi connectivity index (χ1n) is 13.9. The summed E-state index contributed by atoms with van der Waals surface area (Å²) in [6.07, 6.45) is 8.93. The van der Waals surface area contributed by atoms with Gasteiger partial charge in [-0.05, 0) is 86.2 Å². The van der Waals surface area contributed by atoms with Crippen LogP contribution in [0.4, 0.5) is 0 Å². The minimum absolute atomic E-state index is 0.00542. The lowest BCUT2D eigenvalue weighted by Gasteiger charge is -2.32. The predicted molar refractivity (Wildman–Crippen MR) is 151 cm³/mol.